The third-order valence-electron chi connectivity index (χ3n) is 5.12. The lowest BCUT2D eigenvalue weighted by atomic mass is 9.87. The molecular formula is C25H25NO3. The third kappa shape index (κ3) is 3.70. The van der Waals surface area contributed by atoms with E-state index in [0.717, 1.165) is 28.1 Å². The van der Waals surface area contributed by atoms with Crippen LogP contribution in [0.3, 0.4) is 0 Å². The van der Waals surface area contributed by atoms with Crippen molar-refractivity contribution < 1.29 is 14.3 Å². The molecule has 0 saturated heterocycles. The average molecular weight is 387 g/mol. The first-order valence-corrected chi connectivity index (χ1v) is 10.1. The van der Waals surface area contributed by atoms with E-state index >= 15 is 0 Å². The van der Waals surface area contributed by atoms with Crippen LogP contribution in [-0.4, -0.2) is 19.1 Å². The van der Waals surface area contributed by atoms with Crippen molar-refractivity contribution in [2.75, 3.05) is 18.1 Å². The van der Waals surface area contributed by atoms with Gasteiger partial charge in [0.05, 0.1) is 25.7 Å². The lowest BCUT2D eigenvalue weighted by Gasteiger charge is -2.38. The van der Waals surface area contributed by atoms with Crippen LogP contribution in [0.15, 0.2) is 72.8 Å². The largest absolute Gasteiger partial charge is 0.490 e. The highest BCUT2D eigenvalue weighted by Crippen LogP contribution is 2.43. The third-order valence-corrected chi connectivity index (χ3v) is 5.12. The Morgan fingerprint density at radius 3 is 2.07 bits per heavy atom. The maximum absolute atomic E-state index is 13.3. The summed E-state index contributed by atoms with van der Waals surface area (Å²) in [6.45, 7) is 5.01. The Balaban J connectivity index is 1.91. The summed E-state index contributed by atoms with van der Waals surface area (Å²) in [7, 11) is 0. The molecule has 1 atom stereocenters. The van der Waals surface area contributed by atoms with Gasteiger partial charge in [0.25, 0.3) is 0 Å². The van der Waals surface area contributed by atoms with Gasteiger partial charge in [0, 0.05) is 5.69 Å². The second-order valence-corrected chi connectivity index (χ2v) is 6.95. The van der Waals surface area contributed by atoms with Crippen LogP contribution < -0.4 is 14.4 Å². The Bertz CT molecular complexity index is 986. The standard InChI is InChI=1S/C25H25NO3/c1-3-28-22-15-19-16-24(27)26(20-13-9-6-10-14-20)25(18-11-7-5-8-12-18)21(19)17-23(22)29-4-2/h5-15,17,25H,3-4,16H2,1-2H3/t25-/m1/s1. The van der Waals surface area contributed by atoms with Gasteiger partial charge in [0.15, 0.2) is 11.5 Å². The second kappa shape index (κ2) is 8.39. The Labute approximate surface area is 171 Å². The van der Waals surface area contributed by atoms with Gasteiger partial charge in [0.1, 0.15) is 0 Å². The maximum atomic E-state index is 13.3. The summed E-state index contributed by atoms with van der Waals surface area (Å²) in [6, 6.07) is 23.8. The van der Waals surface area contributed by atoms with Crippen LogP contribution in [0, 0.1) is 0 Å². The number of ether oxygens (including phenoxy) is 2. The number of para-hydroxylation sites is 1. The molecule has 3 aromatic carbocycles. The van der Waals surface area contributed by atoms with Crippen molar-refractivity contribution >= 4 is 11.6 Å². The first-order chi connectivity index (χ1) is 14.2. The van der Waals surface area contributed by atoms with Gasteiger partial charge in [0.2, 0.25) is 5.91 Å². The fourth-order valence-corrected chi connectivity index (χ4v) is 3.94. The van der Waals surface area contributed by atoms with Crippen molar-refractivity contribution in [3.05, 3.63) is 89.5 Å². The molecule has 0 saturated carbocycles. The van der Waals surface area contributed by atoms with Crippen LogP contribution >= 0.6 is 0 Å². The minimum atomic E-state index is -0.218. The SMILES string of the molecule is CCOc1cc2c(cc1OCC)[C@@H](c1ccccc1)N(c1ccccc1)C(=O)C2. The summed E-state index contributed by atoms with van der Waals surface area (Å²) in [6.07, 6.45) is 0.333. The van der Waals surface area contributed by atoms with Crippen molar-refractivity contribution in [1.29, 1.82) is 0 Å². The maximum Gasteiger partial charge on any atom is 0.232 e. The van der Waals surface area contributed by atoms with E-state index in [4.69, 9.17) is 9.47 Å². The van der Waals surface area contributed by atoms with E-state index in [-0.39, 0.29) is 11.9 Å². The van der Waals surface area contributed by atoms with Crippen LogP contribution in [0.5, 0.6) is 11.5 Å². The van der Waals surface area contributed by atoms with Crippen LogP contribution in [0.2, 0.25) is 0 Å². The van der Waals surface area contributed by atoms with Gasteiger partial charge in [-0.15, -0.1) is 0 Å². The molecule has 0 unspecified atom stereocenters. The van der Waals surface area contributed by atoms with Crippen LogP contribution in [0.1, 0.15) is 36.6 Å². The molecule has 0 N–H and O–H groups in total. The lowest BCUT2D eigenvalue weighted by molar-refractivity contribution is -0.118. The summed E-state index contributed by atoms with van der Waals surface area (Å²) in [5.41, 5.74) is 4.02. The number of hydrogen-bond donors (Lipinski definition) is 0. The smallest absolute Gasteiger partial charge is 0.232 e. The molecule has 0 fully saturated rings. The molecule has 1 aliphatic rings. The quantitative estimate of drug-likeness (QED) is 0.586. The van der Waals surface area contributed by atoms with Gasteiger partial charge >= 0.3 is 0 Å². The number of carbonyl (C=O) groups excluding carboxylic acids is 1. The highest BCUT2D eigenvalue weighted by molar-refractivity contribution is 5.98. The molecule has 0 aliphatic carbocycles. The number of carbonyl (C=O) groups is 1. The fourth-order valence-electron chi connectivity index (χ4n) is 3.94. The topological polar surface area (TPSA) is 38.8 Å². The molecule has 4 nitrogen and oxygen atoms in total. The minimum Gasteiger partial charge on any atom is -0.490 e. The van der Waals surface area contributed by atoms with E-state index in [9.17, 15) is 4.79 Å². The van der Waals surface area contributed by atoms with Gasteiger partial charge in [-0.05, 0) is 54.8 Å². The Kier molecular flexibility index (Phi) is 5.52. The van der Waals surface area contributed by atoms with E-state index in [1.807, 2.05) is 79.4 Å². The van der Waals surface area contributed by atoms with Gasteiger partial charge in [-0.2, -0.15) is 0 Å². The van der Waals surface area contributed by atoms with Crippen LogP contribution in [-0.2, 0) is 11.2 Å². The van der Waals surface area contributed by atoms with Crippen LogP contribution in [0.25, 0.3) is 0 Å². The molecular weight excluding hydrogens is 362 g/mol. The predicted octanol–water partition coefficient (Wildman–Crippen LogP) is 5.16. The van der Waals surface area contributed by atoms with Crippen molar-refractivity contribution in [1.82, 2.24) is 0 Å². The molecule has 1 aliphatic heterocycles. The Hall–Kier alpha value is -3.27. The molecule has 0 bridgehead atoms. The van der Waals surface area contributed by atoms with Gasteiger partial charge < -0.3 is 14.4 Å². The molecule has 0 aromatic heterocycles. The number of fused-ring (bicyclic) bond motifs is 1. The molecule has 1 heterocycles. The molecule has 29 heavy (non-hydrogen) atoms. The summed E-state index contributed by atoms with van der Waals surface area (Å²) < 4.78 is 11.7. The van der Waals surface area contributed by atoms with Gasteiger partial charge in [-0.25, -0.2) is 0 Å². The van der Waals surface area contributed by atoms with E-state index in [1.54, 1.807) is 0 Å². The second-order valence-electron chi connectivity index (χ2n) is 6.95. The molecule has 1 amide bonds. The molecule has 148 valence electrons. The fraction of sp³-hybridized carbons (Fsp3) is 0.240. The van der Waals surface area contributed by atoms with E-state index in [0.29, 0.717) is 25.4 Å². The lowest BCUT2D eigenvalue weighted by Crippen LogP contribution is -2.41. The monoisotopic (exact) mass is 387 g/mol. The van der Waals surface area contributed by atoms with E-state index in [2.05, 4.69) is 12.1 Å². The van der Waals surface area contributed by atoms with Crippen molar-refractivity contribution in [3.63, 3.8) is 0 Å². The summed E-state index contributed by atoms with van der Waals surface area (Å²) >= 11 is 0. The first-order valence-electron chi connectivity index (χ1n) is 10.1. The van der Waals surface area contributed by atoms with E-state index < -0.39 is 0 Å². The number of benzene rings is 3. The zero-order valence-corrected chi connectivity index (χ0v) is 16.8. The number of nitrogens with zero attached hydrogens (tertiary/aromatic N) is 1. The highest BCUT2D eigenvalue weighted by atomic mass is 16.5. The number of anilines is 1. The zero-order chi connectivity index (χ0) is 20.2. The molecule has 0 spiro atoms. The molecule has 0 radical (unpaired) electrons. The number of rotatable bonds is 6. The first kappa shape index (κ1) is 19.1. The summed E-state index contributed by atoms with van der Waals surface area (Å²) in [5.74, 6) is 1.49. The molecule has 3 aromatic rings. The minimum absolute atomic E-state index is 0.0733. The Morgan fingerprint density at radius 2 is 1.45 bits per heavy atom. The van der Waals surface area contributed by atoms with Crippen LogP contribution in [0.4, 0.5) is 5.69 Å². The van der Waals surface area contributed by atoms with Gasteiger partial charge in [-0.3, -0.25) is 4.79 Å². The zero-order valence-electron chi connectivity index (χ0n) is 16.8. The summed E-state index contributed by atoms with van der Waals surface area (Å²) in [5, 5.41) is 0. The number of hydrogen-bond acceptors (Lipinski definition) is 3. The number of amides is 1. The highest BCUT2D eigenvalue weighted by Gasteiger charge is 2.35. The molecule has 4 rings (SSSR count). The summed E-state index contributed by atoms with van der Waals surface area (Å²) in [4.78, 5) is 15.2. The predicted molar refractivity (Wildman–Crippen MR) is 115 cm³/mol. The molecule has 4 heteroatoms. The van der Waals surface area contributed by atoms with Gasteiger partial charge in [-0.1, -0.05) is 48.5 Å². The Morgan fingerprint density at radius 1 is 0.862 bits per heavy atom. The van der Waals surface area contributed by atoms with Crippen molar-refractivity contribution in [2.24, 2.45) is 0 Å². The van der Waals surface area contributed by atoms with Crippen molar-refractivity contribution in [3.8, 4) is 11.5 Å². The van der Waals surface area contributed by atoms with E-state index in [1.165, 1.54) is 0 Å². The van der Waals surface area contributed by atoms with Crippen molar-refractivity contribution in [2.45, 2.75) is 26.3 Å². The normalized spacial score (nSPS) is 15.7. The average Bonchev–Trinajstić information content (AvgIpc) is 2.75.